The Labute approximate surface area is 94.9 Å². The molecule has 0 bridgehead atoms. The monoisotopic (exact) mass is 224 g/mol. The number of allylic oxidation sites excluding steroid dienone is 3. The molecule has 0 spiro atoms. The third-order valence-electron chi connectivity index (χ3n) is 2.66. The zero-order valence-corrected chi connectivity index (χ0v) is 9.73. The van der Waals surface area contributed by atoms with E-state index >= 15 is 0 Å². The maximum atomic E-state index is 11.6. The molecular formula is C12H16O4. The quantitative estimate of drug-likeness (QED) is 0.666. The van der Waals surface area contributed by atoms with E-state index in [1.165, 1.54) is 20.3 Å². The van der Waals surface area contributed by atoms with E-state index in [2.05, 4.69) is 4.74 Å². The van der Waals surface area contributed by atoms with Crippen LogP contribution in [-0.2, 0) is 19.1 Å². The topological polar surface area (TPSA) is 52.6 Å². The van der Waals surface area contributed by atoms with Gasteiger partial charge in [0.25, 0.3) is 0 Å². The fraction of sp³-hybridized carbons (Fsp3) is 0.500. The molecule has 0 aromatic heterocycles. The molecule has 0 aromatic carbocycles. The lowest BCUT2D eigenvalue weighted by Gasteiger charge is -2.19. The predicted octanol–water partition coefficient (Wildman–Crippen LogP) is 1.47. The second kappa shape index (κ2) is 5.49. The highest BCUT2D eigenvalue weighted by molar-refractivity contribution is 5.93. The van der Waals surface area contributed by atoms with Crippen LogP contribution >= 0.6 is 0 Å². The minimum atomic E-state index is -0.414. The Morgan fingerprint density at radius 2 is 2.12 bits per heavy atom. The Hall–Kier alpha value is -1.58. The van der Waals surface area contributed by atoms with Crippen molar-refractivity contribution in [2.24, 2.45) is 11.8 Å². The Morgan fingerprint density at radius 3 is 2.69 bits per heavy atom. The van der Waals surface area contributed by atoms with Crippen molar-refractivity contribution in [3.63, 3.8) is 0 Å². The third-order valence-corrected chi connectivity index (χ3v) is 2.66. The standard InChI is InChI=1S/C12H16O4/c1-8-4-5-10(15-2)6-9(13)7-11(8)12(14)16-3/h4-6,8,11H,7H2,1-3H3/b5-4-,10-6+/t8-,11+/m0/s1. The maximum absolute atomic E-state index is 11.6. The van der Waals surface area contributed by atoms with Gasteiger partial charge >= 0.3 is 5.97 Å². The SMILES string of the molecule is COC(=O)[C@@H]1CC(=O)/C=C(OC)\C=C/[C@@H]1C. The summed E-state index contributed by atoms with van der Waals surface area (Å²) in [6.07, 6.45) is 5.12. The second-order valence-corrected chi connectivity index (χ2v) is 3.77. The molecule has 0 heterocycles. The predicted molar refractivity (Wildman–Crippen MR) is 58.5 cm³/mol. The largest absolute Gasteiger partial charge is 0.497 e. The van der Waals surface area contributed by atoms with Gasteiger partial charge in [-0.3, -0.25) is 9.59 Å². The van der Waals surface area contributed by atoms with Crippen LogP contribution in [-0.4, -0.2) is 26.0 Å². The molecule has 1 aliphatic rings. The fourth-order valence-corrected chi connectivity index (χ4v) is 1.63. The number of carbonyl (C=O) groups is 2. The number of esters is 1. The maximum Gasteiger partial charge on any atom is 0.309 e. The molecule has 0 fully saturated rings. The molecule has 2 atom stereocenters. The van der Waals surface area contributed by atoms with Crippen molar-refractivity contribution >= 4 is 11.8 Å². The van der Waals surface area contributed by atoms with E-state index in [-0.39, 0.29) is 24.1 Å². The van der Waals surface area contributed by atoms with Crippen molar-refractivity contribution in [2.75, 3.05) is 14.2 Å². The van der Waals surface area contributed by atoms with Crippen LogP contribution in [0.2, 0.25) is 0 Å². The molecule has 0 amide bonds. The van der Waals surface area contributed by atoms with Crippen LogP contribution in [0.3, 0.4) is 0 Å². The molecule has 1 rings (SSSR count). The summed E-state index contributed by atoms with van der Waals surface area (Å²) in [6.45, 7) is 1.88. The van der Waals surface area contributed by atoms with Gasteiger partial charge in [-0.2, -0.15) is 0 Å². The average molecular weight is 224 g/mol. The number of rotatable bonds is 2. The Kier molecular flexibility index (Phi) is 4.28. The zero-order valence-electron chi connectivity index (χ0n) is 9.73. The minimum absolute atomic E-state index is 0.0461. The van der Waals surface area contributed by atoms with E-state index in [4.69, 9.17) is 4.74 Å². The smallest absolute Gasteiger partial charge is 0.309 e. The van der Waals surface area contributed by atoms with Crippen LogP contribution in [0.15, 0.2) is 24.0 Å². The first-order valence-corrected chi connectivity index (χ1v) is 5.13. The average Bonchev–Trinajstić information content (AvgIpc) is 2.28. The normalized spacial score (nSPS) is 30.7. The first kappa shape index (κ1) is 12.5. The lowest BCUT2D eigenvalue weighted by Crippen LogP contribution is -2.25. The lowest BCUT2D eigenvalue weighted by atomic mass is 9.87. The zero-order chi connectivity index (χ0) is 12.1. The van der Waals surface area contributed by atoms with Crippen LogP contribution in [0, 0.1) is 11.8 Å². The molecule has 0 radical (unpaired) electrons. The third kappa shape index (κ3) is 2.95. The van der Waals surface area contributed by atoms with E-state index in [1.54, 1.807) is 6.08 Å². The van der Waals surface area contributed by atoms with Crippen LogP contribution in [0.25, 0.3) is 0 Å². The number of hydrogen-bond acceptors (Lipinski definition) is 4. The number of ketones is 1. The first-order chi connectivity index (χ1) is 7.58. The second-order valence-electron chi connectivity index (χ2n) is 3.77. The van der Waals surface area contributed by atoms with E-state index in [1.807, 2.05) is 13.0 Å². The summed E-state index contributed by atoms with van der Waals surface area (Å²) >= 11 is 0. The molecule has 0 saturated carbocycles. The first-order valence-electron chi connectivity index (χ1n) is 5.13. The van der Waals surface area contributed by atoms with Gasteiger partial charge in [-0.25, -0.2) is 0 Å². The van der Waals surface area contributed by atoms with E-state index in [0.29, 0.717) is 5.76 Å². The Morgan fingerprint density at radius 1 is 1.44 bits per heavy atom. The molecule has 0 unspecified atom stereocenters. The molecule has 16 heavy (non-hydrogen) atoms. The summed E-state index contributed by atoms with van der Waals surface area (Å²) in [5.41, 5.74) is 0. The van der Waals surface area contributed by atoms with Crippen LogP contribution in [0.4, 0.5) is 0 Å². The highest BCUT2D eigenvalue weighted by atomic mass is 16.5. The lowest BCUT2D eigenvalue weighted by molar-refractivity contribution is -0.148. The summed E-state index contributed by atoms with van der Waals surface area (Å²) in [6, 6.07) is 0. The molecule has 0 N–H and O–H groups in total. The molecule has 4 nitrogen and oxygen atoms in total. The van der Waals surface area contributed by atoms with Gasteiger partial charge in [0, 0.05) is 12.5 Å². The number of methoxy groups -OCH3 is 2. The molecule has 88 valence electrons. The van der Waals surface area contributed by atoms with E-state index < -0.39 is 5.92 Å². The van der Waals surface area contributed by atoms with Gasteiger partial charge in [0.15, 0.2) is 5.78 Å². The van der Waals surface area contributed by atoms with Crippen LogP contribution in [0.1, 0.15) is 13.3 Å². The molecule has 4 heteroatoms. The number of hydrogen-bond donors (Lipinski definition) is 0. The van der Waals surface area contributed by atoms with Gasteiger partial charge in [-0.1, -0.05) is 13.0 Å². The summed E-state index contributed by atoms with van der Waals surface area (Å²) in [5, 5.41) is 0. The van der Waals surface area contributed by atoms with E-state index in [9.17, 15) is 9.59 Å². The molecule has 1 aliphatic carbocycles. The molecule has 0 aromatic rings. The number of carbonyl (C=O) groups excluding carboxylic acids is 2. The van der Waals surface area contributed by atoms with Gasteiger partial charge in [0.05, 0.1) is 20.1 Å². The van der Waals surface area contributed by atoms with Gasteiger partial charge in [-0.05, 0) is 12.0 Å². The summed E-state index contributed by atoms with van der Waals surface area (Å²) in [4.78, 5) is 23.1. The van der Waals surface area contributed by atoms with Crippen molar-refractivity contribution < 1.29 is 19.1 Å². The van der Waals surface area contributed by atoms with Crippen LogP contribution < -0.4 is 0 Å². The fourth-order valence-electron chi connectivity index (χ4n) is 1.63. The van der Waals surface area contributed by atoms with Crippen LogP contribution in [0.5, 0.6) is 0 Å². The van der Waals surface area contributed by atoms with Crippen molar-refractivity contribution in [1.82, 2.24) is 0 Å². The van der Waals surface area contributed by atoms with Gasteiger partial charge in [0.2, 0.25) is 0 Å². The van der Waals surface area contributed by atoms with Gasteiger partial charge in [0.1, 0.15) is 5.76 Å². The summed E-state index contributed by atoms with van der Waals surface area (Å²) in [5.74, 6) is -0.415. The number of ether oxygens (including phenoxy) is 2. The van der Waals surface area contributed by atoms with Crippen molar-refractivity contribution in [2.45, 2.75) is 13.3 Å². The summed E-state index contributed by atoms with van der Waals surface area (Å²) in [7, 11) is 2.84. The van der Waals surface area contributed by atoms with E-state index in [0.717, 1.165) is 0 Å². The Balaban J connectivity index is 2.91. The molecular weight excluding hydrogens is 208 g/mol. The molecule has 0 aliphatic heterocycles. The van der Waals surface area contributed by atoms with Crippen molar-refractivity contribution in [3.8, 4) is 0 Å². The summed E-state index contributed by atoms with van der Waals surface area (Å²) < 4.78 is 9.69. The van der Waals surface area contributed by atoms with Crippen molar-refractivity contribution in [1.29, 1.82) is 0 Å². The van der Waals surface area contributed by atoms with Gasteiger partial charge in [-0.15, -0.1) is 0 Å². The van der Waals surface area contributed by atoms with Crippen molar-refractivity contribution in [3.05, 3.63) is 24.0 Å². The Bertz CT molecular complexity index is 341. The molecule has 0 saturated heterocycles. The minimum Gasteiger partial charge on any atom is -0.497 e. The highest BCUT2D eigenvalue weighted by Crippen LogP contribution is 2.22. The van der Waals surface area contributed by atoms with Gasteiger partial charge < -0.3 is 9.47 Å². The highest BCUT2D eigenvalue weighted by Gasteiger charge is 2.27.